The van der Waals surface area contributed by atoms with Crippen molar-refractivity contribution in [2.75, 3.05) is 0 Å². The molecule has 0 aliphatic rings. The van der Waals surface area contributed by atoms with Gasteiger partial charge in [-0.2, -0.15) is 0 Å². The van der Waals surface area contributed by atoms with Gasteiger partial charge in [0.2, 0.25) is 5.78 Å². The van der Waals surface area contributed by atoms with Crippen molar-refractivity contribution in [3.8, 4) is 5.75 Å². The second-order valence-corrected chi connectivity index (χ2v) is 5.98. The topological polar surface area (TPSA) is 39.2 Å². The van der Waals surface area contributed by atoms with Crippen molar-refractivity contribution in [1.29, 1.82) is 0 Å². The van der Waals surface area contributed by atoms with E-state index in [9.17, 15) is 4.79 Å². The molecular formula is C19H13Cl2NO2. The number of rotatable bonds is 5. The molecule has 1 unspecified atom stereocenters. The minimum Gasteiger partial charge on any atom is -0.478 e. The van der Waals surface area contributed by atoms with Gasteiger partial charge in [0.1, 0.15) is 5.75 Å². The van der Waals surface area contributed by atoms with E-state index in [4.69, 9.17) is 27.9 Å². The first-order chi connectivity index (χ1) is 11.6. The maximum absolute atomic E-state index is 12.9. The fourth-order valence-electron chi connectivity index (χ4n) is 2.22. The summed E-state index contributed by atoms with van der Waals surface area (Å²) in [4.78, 5) is 16.9. The van der Waals surface area contributed by atoms with Gasteiger partial charge in [0, 0.05) is 33.6 Å². The van der Waals surface area contributed by atoms with E-state index in [1.54, 1.807) is 66.9 Å². The van der Waals surface area contributed by atoms with Crippen LogP contribution in [0.15, 0.2) is 73.1 Å². The van der Waals surface area contributed by atoms with E-state index in [1.165, 1.54) is 6.20 Å². The predicted octanol–water partition coefficient (Wildman–Crippen LogP) is 5.39. The number of hydrogen-bond acceptors (Lipinski definition) is 3. The van der Waals surface area contributed by atoms with Crippen molar-refractivity contribution >= 4 is 29.0 Å². The number of carbonyl (C=O) groups is 1. The molecule has 3 nitrogen and oxygen atoms in total. The molecule has 1 aromatic heterocycles. The Morgan fingerprint density at radius 2 is 1.54 bits per heavy atom. The van der Waals surface area contributed by atoms with Crippen LogP contribution in [0.2, 0.25) is 10.0 Å². The Balaban J connectivity index is 1.95. The lowest BCUT2D eigenvalue weighted by Gasteiger charge is -2.18. The molecule has 0 fully saturated rings. The normalized spacial score (nSPS) is 11.8. The lowest BCUT2D eigenvalue weighted by molar-refractivity contribution is 0.0792. The highest BCUT2D eigenvalue weighted by Gasteiger charge is 2.24. The lowest BCUT2D eigenvalue weighted by atomic mass is 10.0. The van der Waals surface area contributed by atoms with Crippen LogP contribution in [0.4, 0.5) is 0 Å². The summed E-state index contributed by atoms with van der Waals surface area (Å²) in [6, 6.07) is 17.3. The van der Waals surface area contributed by atoms with Crippen LogP contribution in [0.25, 0.3) is 0 Å². The molecule has 120 valence electrons. The van der Waals surface area contributed by atoms with Gasteiger partial charge < -0.3 is 4.74 Å². The number of carbonyl (C=O) groups excluding carboxylic acids is 1. The summed E-state index contributed by atoms with van der Waals surface area (Å²) in [6.07, 6.45) is 2.34. The molecule has 2 aromatic carbocycles. The Bertz CT molecular complexity index is 818. The fourth-order valence-corrected chi connectivity index (χ4v) is 2.47. The van der Waals surface area contributed by atoms with E-state index in [1.807, 2.05) is 0 Å². The first kappa shape index (κ1) is 16.5. The number of ether oxygens (including phenoxy) is 1. The van der Waals surface area contributed by atoms with E-state index in [2.05, 4.69) is 4.98 Å². The van der Waals surface area contributed by atoms with Gasteiger partial charge in [-0.3, -0.25) is 9.78 Å². The molecule has 0 aliphatic heterocycles. The highest BCUT2D eigenvalue weighted by molar-refractivity contribution is 6.30. The van der Waals surface area contributed by atoms with Crippen molar-refractivity contribution < 1.29 is 9.53 Å². The SMILES string of the molecule is O=C(c1cccnc1)C(Oc1ccc(Cl)cc1)c1ccc(Cl)cc1. The second kappa shape index (κ2) is 7.47. The molecule has 1 atom stereocenters. The quantitative estimate of drug-likeness (QED) is 0.574. The largest absolute Gasteiger partial charge is 0.478 e. The zero-order chi connectivity index (χ0) is 16.9. The average Bonchev–Trinajstić information content (AvgIpc) is 2.62. The molecule has 0 spiro atoms. The number of benzene rings is 2. The van der Waals surface area contributed by atoms with Gasteiger partial charge >= 0.3 is 0 Å². The molecule has 24 heavy (non-hydrogen) atoms. The molecule has 0 amide bonds. The number of Topliss-reactive ketones (excluding diaryl/α,β-unsaturated/α-hetero) is 1. The summed E-state index contributed by atoms with van der Waals surface area (Å²) < 4.78 is 5.93. The van der Waals surface area contributed by atoms with E-state index in [-0.39, 0.29) is 5.78 Å². The van der Waals surface area contributed by atoms with Crippen molar-refractivity contribution in [2.24, 2.45) is 0 Å². The summed E-state index contributed by atoms with van der Waals surface area (Å²) in [7, 11) is 0. The molecule has 0 N–H and O–H groups in total. The van der Waals surface area contributed by atoms with Crippen LogP contribution in [-0.4, -0.2) is 10.8 Å². The summed E-state index contributed by atoms with van der Waals surface area (Å²) in [5.74, 6) is 0.372. The Hall–Kier alpha value is -2.36. The van der Waals surface area contributed by atoms with Gasteiger partial charge in [0.05, 0.1) is 0 Å². The van der Waals surface area contributed by atoms with Crippen LogP contribution in [0.3, 0.4) is 0 Å². The van der Waals surface area contributed by atoms with Crippen molar-refractivity contribution in [2.45, 2.75) is 6.10 Å². The fraction of sp³-hybridized carbons (Fsp3) is 0.0526. The molecule has 1 heterocycles. The van der Waals surface area contributed by atoms with Gasteiger partial charge in [-0.15, -0.1) is 0 Å². The maximum atomic E-state index is 12.9. The molecule has 5 heteroatoms. The maximum Gasteiger partial charge on any atom is 0.209 e. The monoisotopic (exact) mass is 357 g/mol. The summed E-state index contributed by atoms with van der Waals surface area (Å²) >= 11 is 11.8. The molecule has 3 rings (SSSR count). The van der Waals surface area contributed by atoms with Gasteiger partial charge in [0.15, 0.2) is 6.10 Å². The molecule has 3 aromatic rings. The number of ketones is 1. The third-order valence-corrected chi connectivity index (χ3v) is 3.93. The zero-order valence-corrected chi connectivity index (χ0v) is 14.0. The first-order valence-corrected chi connectivity index (χ1v) is 8.01. The van der Waals surface area contributed by atoms with Crippen LogP contribution >= 0.6 is 23.2 Å². The van der Waals surface area contributed by atoms with Gasteiger partial charge in [-0.25, -0.2) is 0 Å². The average molecular weight is 358 g/mol. The van der Waals surface area contributed by atoms with Crippen LogP contribution in [0.5, 0.6) is 5.75 Å². The Morgan fingerprint density at radius 3 is 2.12 bits per heavy atom. The highest BCUT2D eigenvalue weighted by atomic mass is 35.5. The van der Waals surface area contributed by atoms with Crippen LogP contribution in [-0.2, 0) is 0 Å². The Kier molecular flexibility index (Phi) is 5.14. The second-order valence-electron chi connectivity index (χ2n) is 5.11. The highest BCUT2D eigenvalue weighted by Crippen LogP contribution is 2.27. The van der Waals surface area contributed by atoms with Crippen LogP contribution < -0.4 is 4.74 Å². The smallest absolute Gasteiger partial charge is 0.209 e. The number of aromatic nitrogens is 1. The minimum absolute atomic E-state index is 0.180. The van der Waals surface area contributed by atoms with Crippen molar-refractivity contribution in [1.82, 2.24) is 4.98 Å². The third-order valence-electron chi connectivity index (χ3n) is 3.42. The number of halogens is 2. The van der Waals surface area contributed by atoms with E-state index in [0.29, 0.717) is 26.9 Å². The lowest BCUT2D eigenvalue weighted by Crippen LogP contribution is -2.19. The summed E-state index contributed by atoms with van der Waals surface area (Å²) in [5.41, 5.74) is 1.19. The molecule has 0 radical (unpaired) electrons. The van der Waals surface area contributed by atoms with Crippen LogP contribution in [0.1, 0.15) is 22.0 Å². The van der Waals surface area contributed by atoms with E-state index in [0.717, 1.165) is 0 Å². The van der Waals surface area contributed by atoms with Crippen LogP contribution in [0, 0.1) is 0 Å². The standard InChI is InChI=1S/C19H13Cl2NO2/c20-15-5-3-13(4-6-15)19(18(23)14-2-1-11-22-12-14)24-17-9-7-16(21)8-10-17/h1-12,19H. The Labute approximate surface area is 149 Å². The molecule has 0 bridgehead atoms. The minimum atomic E-state index is -0.798. The molecule has 0 aliphatic carbocycles. The van der Waals surface area contributed by atoms with E-state index < -0.39 is 6.10 Å². The van der Waals surface area contributed by atoms with E-state index >= 15 is 0 Å². The van der Waals surface area contributed by atoms with Crippen molar-refractivity contribution in [3.63, 3.8) is 0 Å². The summed E-state index contributed by atoms with van der Waals surface area (Å²) in [6.45, 7) is 0. The molecule has 0 saturated heterocycles. The molecule has 0 saturated carbocycles. The third kappa shape index (κ3) is 3.94. The number of nitrogens with zero attached hydrogens (tertiary/aromatic N) is 1. The van der Waals surface area contributed by atoms with Gasteiger partial charge in [-0.05, 0) is 48.5 Å². The Morgan fingerprint density at radius 1 is 0.917 bits per heavy atom. The summed E-state index contributed by atoms with van der Waals surface area (Å²) in [5, 5.41) is 1.20. The zero-order valence-electron chi connectivity index (χ0n) is 12.5. The molecular weight excluding hydrogens is 345 g/mol. The van der Waals surface area contributed by atoms with Gasteiger partial charge in [0.25, 0.3) is 0 Å². The van der Waals surface area contributed by atoms with Crippen molar-refractivity contribution in [3.05, 3.63) is 94.2 Å². The first-order valence-electron chi connectivity index (χ1n) is 7.25. The predicted molar refractivity (Wildman–Crippen MR) is 94.8 cm³/mol. The number of hydrogen-bond donors (Lipinski definition) is 0. The number of pyridine rings is 1. The van der Waals surface area contributed by atoms with Gasteiger partial charge in [-0.1, -0.05) is 35.3 Å².